The molecule has 1 aliphatic carbocycles. The molecule has 1 saturated carbocycles. The standard InChI is InChI=1S/C16H17F2NOS/c1-10-8-12(10)14-7-6-11(20-14)9-19-13-4-2-3-5-15(13)21-16(17)18/h2-7,10,12,16,19H,8-9H2,1H3. The van der Waals surface area contributed by atoms with Gasteiger partial charge in [0.25, 0.3) is 5.76 Å². The highest BCUT2D eigenvalue weighted by molar-refractivity contribution is 7.99. The van der Waals surface area contributed by atoms with Gasteiger partial charge in [0.1, 0.15) is 11.5 Å². The Kier molecular flexibility index (Phi) is 4.19. The Bertz CT molecular complexity index is 614. The van der Waals surface area contributed by atoms with Crippen LogP contribution in [0.15, 0.2) is 45.7 Å². The summed E-state index contributed by atoms with van der Waals surface area (Å²) < 4.78 is 30.8. The Morgan fingerprint density at radius 1 is 1.29 bits per heavy atom. The zero-order valence-electron chi connectivity index (χ0n) is 11.7. The van der Waals surface area contributed by atoms with Gasteiger partial charge in [-0.2, -0.15) is 8.78 Å². The summed E-state index contributed by atoms with van der Waals surface area (Å²) in [6.07, 6.45) is 1.19. The van der Waals surface area contributed by atoms with E-state index >= 15 is 0 Å². The minimum atomic E-state index is -2.42. The van der Waals surface area contributed by atoms with Crippen LogP contribution in [-0.2, 0) is 6.54 Å². The Labute approximate surface area is 126 Å². The number of hydrogen-bond acceptors (Lipinski definition) is 3. The largest absolute Gasteiger partial charge is 0.464 e. The van der Waals surface area contributed by atoms with Gasteiger partial charge in [0.05, 0.1) is 6.54 Å². The Morgan fingerprint density at radius 3 is 2.76 bits per heavy atom. The first-order valence-corrected chi connectivity index (χ1v) is 7.88. The number of para-hydroxylation sites is 1. The molecule has 1 heterocycles. The summed E-state index contributed by atoms with van der Waals surface area (Å²) in [5, 5.41) is 3.17. The molecule has 0 saturated heterocycles. The number of alkyl halides is 2. The lowest BCUT2D eigenvalue weighted by molar-refractivity contribution is 0.252. The van der Waals surface area contributed by atoms with Crippen molar-refractivity contribution in [1.29, 1.82) is 0 Å². The SMILES string of the molecule is CC1CC1c1ccc(CNc2ccccc2SC(F)F)o1. The van der Waals surface area contributed by atoms with E-state index in [0.717, 1.165) is 11.5 Å². The van der Waals surface area contributed by atoms with Crippen LogP contribution in [0.4, 0.5) is 14.5 Å². The first kappa shape index (κ1) is 14.4. The first-order valence-electron chi connectivity index (χ1n) is 7.00. The number of hydrogen-bond donors (Lipinski definition) is 1. The molecule has 21 heavy (non-hydrogen) atoms. The molecular formula is C16H17F2NOS. The monoisotopic (exact) mass is 309 g/mol. The van der Waals surface area contributed by atoms with Gasteiger partial charge in [-0.3, -0.25) is 0 Å². The lowest BCUT2D eigenvalue weighted by Gasteiger charge is -2.10. The average Bonchev–Trinajstić information content (AvgIpc) is 3.00. The summed E-state index contributed by atoms with van der Waals surface area (Å²) in [5.41, 5.74) is 0.709. The normalized spacial score (nSPS) is 20.8. The molecule has 5 heteroatoms. The summed E-state index contributed by atoms with van der Waals surface area (Å²) in [6, 6.07) is 11.1. The molecule has 112 valence electrons. The predicted molar refractivity (Wildman–Crippen MR) is 80.9 cm³/mol. The summed E-state index contributed by atoms with van der Waals surface area (Å²) in [4.78, 5) is 0.551. The summed E-state index contributed by atoms with van der Waals surface area (Å²) >= 11 is 0.554. The van der Waals surface area contributed by atoms with Gasteiger partial charge in [-0.1, -0.05) is 30.8 Å². The molecule has 1 aliphatic rings. The number of thioether (sulfide) groups is 1. The van der Waals surface area contributed by atoms with Crippen LogP contribution in [0.25, 0.3) is 0 Å². The topological polar surface area (TPSA) is 25.2 Å². The molecule has 3 rings (SSSR count). The minimum absolute atomic E-state index is 0.502. The number of benzene rings is 1. The quantitative estimate of drug-likeness (QED) is 0.730. The maximum Gasteiger partial charge on any atom is 0.288 e. The smallest absolute Gasteiger partial charge is 0.288 e. The predicted octanol–water partition coefficient (Wildman–Crippen LogP) is 5.33. The van der Waals surface area contributed by atoms with Crippen molar-refractivity contribution < 1.29 is 13.2 Å². The lowest BCUT2D eigenvalue weighted by atomic mass is 10.3. The maximum absolute atomic E-state index is 12.5. The van der Waals surface area contributed by atoms with Crippen molar-refractivity contribution in [3.63, 3.8) is 0 Å². The molecule has 1 aromatic carbocycles. The van der Waals surface area contributed by atoms with E-state index in [0.29, 0.717) is 40.7 Å². The molecule has 2 aromatic rings. The molecular weight excluding hydrogens is 292 g/mol. The first-order chi connectivity index (χ1) is 10.1. The van der Waals surface area contributed by atoms with Crippen LogP contribution in [0.2, 0.25) is 0 Å². The van der Waals surface area contributed by atoms with Crippen molar-refractivity contribution in [2.45, 2.75) is 36.5 Å². The highest BCUT2D eigenvalue weighted by Crippen LogP contribution is 2.47. The second kappa shape index (κ2) is 6.10. The molecule has 1 N–H and O–H groups in total. The number of anilines is 1. The van der Waals surface area contributed by atoms with Gasteiger partial charge in [0, 0.05) is 16.5 Å². The molecule has 1 aromatic heterocycles. The maximum atomic E-state index is 12.5. The Balaban J connectivity index is 1.63. The third-order valence-electron chi connectivity index (χ3n) is 3.71. The molecule has 2 unspecified atom stereocenters. The molecule has 0 amide bonds. The molecule has 0 radical (unpaired) electrons. The average molecular weight is 309 g/mol. The highest BCUT2D eigenvalue weighted by atomic mass is 32.2. The van der Waals surface area contributed by atoms with E-state index in [4.69, 9.17) is 4.42 Å². The molecule has 0 spiro atoms. The Morgan fingerprint density at radius 2 is 2.05 bits per heavy atom. The van der Waals surface area contributed by atoms with E-state index in [1.54, 1.807) is 18.2 Å². The van der Waals surface area contributed by atoms with E-state index in [1.807, 2.05) is 18.2 Å². The van der Waals surface area contributed by atoms with Crippen LogP contribution in [-0.4, -0.2) is 5.76 Å². The molecule has 2 nitrogen and oxygen atoms in total. The van der Waals surface area contributed by atoms with Crippen molar-refractivity contribution in [1.82, 2.24) is 0 Å². The van der Waals surface area contributed by atoms with E-state index < -0.39 is 5.76 Å². The van der Waals surface area contributed by atoms with E-state index in [-0.39, 0.29) is 0 Å². The van der Waals surface area contributed by atoms with Gasteiger partial charge in [0.2, 0.25) is 0 Å². The van der Waals surface area contributed by atoms with Crippen molar-refractivity contribution in [2.75, 3.05) is 5.32 Å². The van der Waals surface area contributed by atoms with Crippen LogP contribution in [0.5, 0.6) is 0 Å². The molecule has 1 fully saturated rings. The van der Waals surface area contributed by atoms with Crippen LogP contribution in [0, 0.1) is 5.92 Å². The third kappa shape index (κ3) is 3.59. The summed E-state index contributed by atoms with van der Waals surface area (Å²) in [5.74, 6) is 0.718. The van der Waals surface area contributed by atoms with Gasteiger partial charge in [0.15, 0.2) is 0 Å². The summed E-state index contributed by atoms with van der Waals surface area (Å²) in [6.45, 7) is 2.71. The fourth-order valence-electron chi connectivity index (χ4n) is 2.40. The van der Waals surface area contributed by atoms with Crippen LogP contribution >= 0.6 is 11.8 Å². The number of halogens is 2. The van der Waals surface area contributed by atoms with Crippen molar-refractivity contribution in [3.8, 4) is 0 Å². The van der Waals surface area contributed by atoms with Crippen LogP contribution < -0.4 is 5.32 Å². The number of nitrogens with one attached hydrogen (secondary N) is 1. The van der Waals surface area contributed by atoms with Gasteiger partial charge in [-0.25, -0.2) is 0 Å². The zero-order valence-corrected chi connectivity index (χ0v) is 12.5. The summed E-state index contributed by atoms with van der Waals surface area (Å²) in [7, 11) is 0. The van der Waals surface area contributed by atoms with Gasteiger partial charge < -0.3 is 9.73 Å². The molecule has 0 aliphatic heterocycles. The van der Waals surface area contributed by atoms with E-state index in [1.165, 1.54) is 6.42 Å². The Hall–Kier alpha value is -1.49. The molecule has 0 bridgehead atoms. The lowest BCUT2D eigenvalue weighted by Crippen LogP contribution is -2.00. The second-order valence-corrected chi connectivity index (χ2v) is 6.38. The van der Waals surface area contributed by atoms with E-state index in [2.05, 4.69) is 12.2 Å². The van der Waals surface area contributed by atoms with Crippen molar-refractivity contribution >= 4 is 17.4 Å². The van der Waals surface area contributed by atoms with Gasteiger partial charge in [-0.05, 0) is 36.6 Å². The fourth-order valence-corrected chi connectivity index (χ4v) is 3.02. The zero-order chi connectivity index (χ0) is 14.8. The van der Waals surface area contributed by atoms with E-state index in [9.17, 15) is 8.78 Å². The number of rotatable bonds is 6. The second-order valence-electron chi connectivity index (χ2n) is 5.35. The van der Waals surface area contributed by atoms with Gasteiger partial charge in [-0.15, -0.1) is 0 Å². The van der Waals surface area contributed by atoms with Crippen molar-refractivity contribution in [3.05, 3.63) is 47.9 Å². The number of furan rings is 1. The minimum Gasteiger partial charge on any atom is -0.464 e. The third-order valence-corrected chi connectivity index (χ3v) is 4.50. The molecule has 2 atom stereocenters. The highest BCUT2D eigenvalue weighted by Gasteiger charge is 2.36. The fraction of sp³-hybridized carbons (Fsp3) is 0.375. The van der Waals surface area contributed by atoms with Crippen LogP contribution in [0.1, 0.15) is 30.8 Å². The van der Waals surface area contributed by atoms with Crippen LogP contribution in [0.3, 0.4) is 0 Å². The van der Waals surface area contributed by atoms with Gasteiger partial charge >= 0.3 is 0 Å². The van der Waals surface area contributed by atoms with Crippen molar-refractivity contribution in [2.24, 2.45) is 5.92 Å².